The van der Waals surface area contributed by atoms with Gasteiger partial charge in [0.05, 0.1) is 62.5 Å². The quantitative estimate of drug-likeness (QED) is 0.127. The fourth-order valence-corrected chi connectivity index (χ4v) is 18.8. The molecule has 118 heavy (non-hydrogen) atoms. The van der Waals surface area contributed by atoms with Gasteiger partial charge in [0, 0.05) is 88.7 Å². The van der Waals surface area contributed by atoms with Crippen molar-refractivity contribution in [3.8, 4) is 72.7 Å². The van der Waals surface area contributed by atoms with E-state index < -0.39 is 24.8 Å². The third-order valence-corrected chi connectivity index (χ3v) is 24.8. The number of benzene rings is 16. The molecule has 2 aliphatic heterocycles. The second-order valence-electron chi connectivity index (χ2n) is 36.3. The van der Waals surface area contributed by atoms with Gasteiger partial charge in [0.25, 0.3) is 6.71 Å². The van der Waals surface area contributed by atoms with Crippen LogP contribution in [0.15, 0.2) is 352 Å². The minimum absolute atomic E-state index is 0.0740. The summed E-state index contributed by atoms with van der Waals surface area (Å²) in [6, 6.07) is 104. The molecule has 0 amide bonds. The fraction of sp³-hybridized carbons (Fsp3) is 0.143. The molecule has 0 saturated carbocycles. The zero-order valence-corrected chi connectivity index (χ0v) is 68.6. The van der Waals surface area contributed by atoms with Crippen LogP contribution >= 0.6 is 0 Å². The Labute approximate surface area is 705 Å². The molecule has 0 spiro atoms. The maximum absolute atomic E-state index is 10.3. The molecule has 5 nitrogen and oxygen atoms in total. The van der Waals surface area contributed by atoms with Crippen molar-refractivity contribution in [2.45, 2.75) is 105 Å². The zero-order valence-electron chi connectivity index (χ0n) is 77.6. The Bertz CT molecular complexity index is 7580. The summed E-state index contributed by atoms with van der Waals surface area (Å²) in [6.07, 6.45) is 0. The van der Waals surface area contributed by atoms with Gasteiger partial charge in [-0.05, 0) is 209 Å². The summed E-state index contributed by atoms with van der Waals surface area (Å²) in [7, 11) is 0. The number of nitrogens with zero attached hydrogens (tertiary/aromatic N) is 5. The van der Waals surface area contributed by atoms with Crippen molar-refractivity contribution < 1.29 is 12.3 Å². The molecular formula is C112H94BN5. The predicted molar refractivity (Wildman–Crippen MR) is 505 cm³/mol. The number of hydrogen-bond donors (Lipinski definition) is 0. The van der Waals surface area contributed by atoms with Crippen molar-refractivity contribution in [1.29, 1.82) is 0 Å². The maximum atomic E-state index is 10.3. The molecule has 2 aliphatic rings. The molecule has 5 heterocycles. The summed E-state index contributed by atoms with van der Waals surface area (Å²) in [5.41, 5.74) is 26.8. The highest BCUT2D eigenvalue weighted by Crippen LogP contribution is 2.56. The van der Waals surface area contributed by atoms with Gasteiger partial charge in [-0.1, -0.05) is 319 Å². The summed E-state index contributed by atoms with van der Waals surface area (Å²) >= 11 is 0. The van der Waals surface area contributed by atoms with E-state index in [9.17, 15) is 11.0 Å². The molecule has 0 bridgehead atoms. The molecule has 0 fully saturated rings. The highest BCUT2D eigenvalue weighted by Gasteiger charge is 2.47. The lowest BCUT2D eigenvalue weighted by Crippen LogP contribution is -2.61. The van der Waals surface area contributed by atoms with Crippen LogP contribution in [0.3, 0.4) is 0 Å². The Kier molecular flexibility index (Phi) is 14.4. The lowest BCUT2D eigenvalue weighted by Gasteiger charge is -2.46. The van der Waals surface area contributed by atoms with Gasteiger partial charge in [-0.3, -0.25) is 0 Å². The zero-order chi connectivity index (χ0) is 88.2. The van der Waals surface area contributed by atoms with E-state index in [4.69, 9.17) is 1.37 Å². The summed E-state index contributed by atoms with van der Waals surface area (Å²) in [4.78, 5) is 4.99. The Hall–Kier alpha value is -13.4. The average Bonchev–Trinajstić information content (AvgIpc) is 0.867. The summed E-state index contributed by atoms with van der Waals surface area (Å²) < 4.78 is 93.8. The van der Waals surface area contributed by atoms with Gasteiger partial charge >= 0.3 is 0 Å². The van der Waals surface area contributed by atoms with Crippen LogP contribution in [-0.2, 0) is 21.7 Å². The van der Waals surface area contributed by atoms with Crippen LogP contribution in [0.5, 0.6) is 0 Å². The van der Waals surface area contributed by atoms with Gasteiger partial charge in [0.15, 0.2) is 0 Å². The van der Waals surface area contributed by atoms with Crippen LogP contribution in [0.25, 0.3) is 138 Å². The number of hydrogen-bond acceptors (Lipinski definition) is 2. The van der Waals surface area contributed by atoms with Crippen LogP contribution in [0.1, 0.15) is 118 Å². The maximum Gasteiger partial charge on any atom is 0.252 e. The average molecular weight is 1530 g/mol. The first-order chi connectivity index (χ1) is 60.8. The summed E-state index contributed by atoms with van der Waals surface area (Å²) in [6.45, 7) is 26.7. The van der Waals surface area contributed by atoms with Crippen molar-refractivity contribution in [2.75, 3.05) is 9.80 Å². The van der Waals surface area contributed by atoms with Gasteiger partial charge in [0.1, 0.15) is 0 Å². The smallest absolute Gasteiger partial charge is 0.252 e. The Balaban J connectivity index is 0.980. The van der Waals surface area contributed by atoms with E-state index in [2.05, 4.69) is 398 Å². The molecular weight excluding hydrogens is 1430 g/mol. The van der Waals surface area contributed by atoms with Gasteiger partial charge in [-0.25, -0.2) is 0 Å². The highest BCUT2D eigenvalue weighted by atomic mass is 15.2. The molecule has 0 unspecified atom stereocenters. The van der Waals surface area contributed by atoms with E-state index in [1.165, 1.54) is 11.1 Å². The van der Waals surface area contributed by atoms with Crippen molar-refractivity contribution in [3.63, 3.8) is 0 Å². The topological polar surface area (TPSA) is 21.3 Å². The largest absolute Gasteiger partial charge is 0.310 e. The molecule has 21 rings (SSSR count). The second-order valence-corrected chi connectivity index (χ2v) is 36.3. The number of para-hydroxylation sites is 3. The first-order valence-electron chi connectivity index (χ1n) is 45.7. The molecule has 6 heteroatoms. The van der Waals surface area contributed by atoms with E-state index in [1.54, 1.807) is 0 Å². The SMILES string of the molecule is [2H]c1c([2H])c([2H])c(-c2ccc3c(c2)N(c2c(-c4ccccc4)cc(C(C)(C)C)cc2-c2ccccc2)c2cc(-n4c5ccc(C(C)(C)C)cc5c5cc(C(C)(C)C)ccc54)cc4c2B3c2ccc(-n3c5ccc(-n6c7ccccc7c7ccccc76)cc5c5c([2H])c([2H])c([2H])c([2H])c53)cc2N4c2c(-c3ccccc3)cc(C(C)(C)C)cc2-c2ccccc2)c([2H])c1[2H]. The van der Waals surface area contributed by atoms with Crippen molar-refractivity contribution in [3.05, 3.63) is 374 Å². The molecule has 16 aromatic carbocycles. The standard InChI is InChI=1S/C112H94BN5/c1-109(2,3)77-51-57-99-91(61-77)92-62-78(110(4,5)6)52-58-100(92)116(99)83-69-104-106-105(70-83)118(108-89(74-40-24-16-25-41-74)65-80(112(10,11)12)66-90(108)75-42-26-17-27-43-75)103-68-82(115-98-49-33-30-46-86(98)93-67-81(54-59-101(93)115)114-96-47-31-28-44-84(96)85-45-29-32-48-97(85)114)53-56-95(103)113(106)94-55-50-76(71-34-18-13-19-35-71)60-102(94)117(104)107-87(72-36-20-14-21-37-72)63-79(111(7,8)9)64-88(107)73-38-22-15-23-39-73/h13-70H,1-12H3/i13D,18D,19D,30D,33D,34D,35D,46D,49D. The lowest BCUT2D eigenvalue weighted by atomic mass is 9.33. The van der Waals surface area contributed by atoms with E-state index in [1.807, 2.05) is 6.07 Å². The highest BCUT2D eigenvalue weighted by molar-refractivity contribution is 7.00. The molecule has 0 saturated heterocycles. The normalized spacial score (nSPS) is 14.1. The van der Waals surface area contributed by atoms with Crippen LogP contribution in [0.2, 0.25) is 0 Å². The second kappa shape index (κ2) is 27.1. The molecule has 0 N–H and O–H groups in total. The monoisotopic (exact) mass is 1530 g/mol. The molecule has 3 aromatic heterocycles. The van der Waals surface area contributed by atoms with Crippen molar-refractivity contribution >= 4 is 123 Å². The van der Waals surface area contributed by atoms with E-state index >= 15 is 0 Å². The Morgan fingerprint density at radius 2 is 0.593 bits per heavy atom. The Morgan fingerprint density at radius 1 is 0.237 bits per heavy atom. The molecule has 0 radical (unpaired) electrons. The van der Waals surface area contributed by atoms with E-state index in [-0.39, 0.29) is 63.5 Å². The van der Waals surface area contributed by atoms with Crippen LogP contribution in [0.4, 0.5) is 34.1 Å². The van der Waals surface area contributed by atoms with Gasteiger partial charge in [-0.15, -0.1) is 0 Å². The number of fused-ring (bicyclic) bond motifs is 13. The first-order valence-corrected chi connectivity index (χ1v) is 41.2. The predicted octanol–water partition coefficient (Wildman–Crippen LogP) is 28.6. The van der Waals surface area contributed by atoms with Gasteiger partial charge in [-0.2, -0.15) is 0 Å². The fourth-order valence-electron chi connectivity index (χ4n) is 18.8. The number of rotatable bonds is 10. The number of aromatic nitrogens is 3. The number of anilines is 6. The Morgan fingerprint density at radius 3 is 1.06 bits per heavy atom. The molecule has 570 valence electrons. The van der Waals surface area contributed by atoms with Gasteiger partial charge < -0.3 is 23.5 Å². The molecule has 0 atom stereocenters. The van der Waals surface area contributed by atoms with Crippen LogP contribution < -0.4 is 26.2 Å². The summed E-state index contributed by atoms with van der Waals surface area (Å²) in [5, 5.41) is 5.43. The van der Waals surface area contributed by atoms with E-state index in [0.717, 1.165) is 161 Å². The minimum atomic E-state index is -0.644. The van der Waals surface area contributed by atoms with E-state index in [0.29, 0.717) is 33.1 Å². The lowest BCUT2D eigenvalue weighted by molar-refractivity contribution is 0.590. The first kappa shape index (κ1) is 62.9. The molecule has 19 aromatic rings. The molecule has 0 aliphatic carbocycles. The summed E-state index contributed by atoms with van der Waals surface area (Å²) in [5.74, 6) is 0. The van der Waals surface area contributed by atoms with Gasteiger partial charge in [0.2, 0.25) is 0 Å². The minimum Gasteiger partial charge on any atom is -0.310 e. The third kappa shape index (κ3) is 11.7. The van der Waals surface area contributed by atoms with Crippen LogP contribution in [0, 0.1) is 0 Å². The van der Waals surface area contributed by atoms with Crippen molar-refractivity contribution in [2.24, 2.45) is 0 Å². The third-order valence-electron chi connectivity index (χ3n) is 24.8. The van der Waals surface area contributed by atoms with Crippen molar-refractivity contribution in [1.82, 2.24) is 13.7 Å². The van der Waals surface area contributed by atoms with Crippen LogP contribution in [-0.4, -0.2) is 20.4 Å².